The van der Waals surface area contributed by atoms with Gasteiger partial charge in [0, 0.05) is 11.7 Å². The number of hydrogen-bond donors (Lipinski definition) is 3. The Morgan fingerprint density at radius 2 is 1.74 bits per heavy atom. The van der Waals surface area contributed by atoms with E-state index >= 15 is 0 Å². The number of phenols is 2. The number of nitrogens with one attached hydrogen (secondary N) is 1. The van der Waals surface area contributed by atoms with Gasteiger partial charge in [0.1, 0.15) is 18.1 Å². The first kappa shape index (κ1) is 25.3. The van der Waals surface area contributed by atoms with Crippen LogP contribution in [-0.2, 0) is 16.1 Å². The van der Waals surface area contributed by atoms with Crippen molar-refractivity contribution in [2.75, 3.05) is 4.90 Å². The van der Waals surface area contributed by atoms with Gasteiger partial charge in [0.2, 0.25) is 11.8 Å². The number of amides is 2. The van der Waals surface area contributed by atoms with Crippen molar-refractivity contribution in [1.82, 2.24) is 20.3 Å². The molecular weight excluding hydrogens is 482 g/mol. The van der Waals surface area contributed by atoms with Crippen molar-refractivity contribution in [2.45, 2.75) is 57.7 Å². The third-order valence-electron chi connectivity index (χ3n) is 7.06. The second-order valence-electron chi connectivity index (χ2n) is 9.83. The summed E-state index contributed by atoms with van der Waals surface area (Å²) in [5, 5.41) is 31.7. The quantitative estimate of drug-likeness (QED) is 0.316. The highest BCUT2D eigenvalue weighted by atomic mass is 16.3. The van der Waals surface area contributed by atoms with E-state index in [4.69, 9.17) is 0 Å². The van der Waals surface area contributed by atoms with Crippen molar-refractivity contribution in [3.8, 4) is 11.5 Å². The number of carbonyl (C=O) groups is 2. The molecule has 0 bridgehead atoms. The minimum absolute atomic E-state index is 0.0127. The molecule has 1 fully saturated rings. The molecule has 0 aliphatic heterocycles. The molecule has 0 saturated heterocycles. The third-order valence-corrected chi connectivity index (χ3v) is 7.06. The maximum absolute atomic E-state index is 14.0. The van der Waals surface area contributed by atoms with Crippen LogP contribution in [0.3, 0.4) is 0 Å². The van der Waals surface area contributed by atoms with Gasteiger partial charge in [-0.2, -0.15) is 0 Å². The molecule has 5 rings (SSSR count). The number of nitrogens with zero attached hydrogens (tertiary/aromatic N) is 4. The Bertz CT molecular complexity index is 1440. The van der Waals surface area contributed by atoms with Crippen LogP contribution in [0.4, 0.5) is 5.69 Å². The second-order valence-corrected chi connectivity index (χ2v) is 9.83. The van der Waals surface area contributed by atoms with E-state index in [9.17, 15) is 19.8 Å². The zero-order chi connectivity index (χ0) is 26.6. The van der Waals surface area contributed by atoms with Crippen LogP contribution < -0.4 is 10.2 Å². The van der Waals surface area contributed by atoms with Crippen molar-refractivity contribution in [3.05, 3.63) is 77.9 Å². The number of phenolic OH excluding ortho intramolecular Hbond substituents is 2. The van der Waals surface area contributed by atoms with Crippen molar-refractivity contribution in [3.63, 3.8) is 0 Å². The summed E-state index contributed by atoms with van der Waals surface area (Å²) in [6.07, 6.45) is 4.97. The minimum Gasteiger partial charge on any atom is -0.504 e. The lowest BCUT2D eigenvalue weighted by atomic mass is 9.94. The van der Waals surface area contributed by atoms with E-state index in [0.29, 0.717) is 22.3 Å². The Labute approximate surface area is 220 Å². The summed E-state index contributed by atoms with van der Waals surface area (Å²) >= 11 is 0. The molecule has 1 aliphatic rings. The SMILES string of the molecule is Cc1ccc(N(C(=O)Cn2nnc3ccccc32)C(C(=O)NC2CCCCC2)c2ccc(O)c(O)c2)cc1. The molecular formula is C29H31N5O4. The molecule has 1 unspecified atom stereocenters. The third kappa shape index (κ3) is 5.32. The van der Waals surface area contributed by atoms with Crippen LogP contribution in [0, 0.1) is 6.92 Å². The van der Waals surface area contributed by atoms with Crippen LogP contribution in [0.5, 0.6) is 11.5 Å². The summed E-state index contributed by atoms with van der Waals surface area (Å²) in [5.74, 6) is -1.39. The standard InChI is InChI=1S/C29H31N5O4/c1-19-11-14-22(15-12-19)34(27(37)18-33-24-10-6-5-9-23(24)31-32-33)28(20-13-16-25(35)26(36)17-20)29(38)30-21-7-3-2-4-8-21/h5-6,9-17,21,28,35-36H,2-4,7-8,18H2,1H3,(H,30,38). The summed E-state index contributed by atoms with van der Waals surface area (Å²) in [6, 6.07) is 17.9. The molecule has 3 aromatic carbocycles. The highest BCUT2D eigenvalue weighted by Gasteiger charge is 2.35. The number of aryl methyl sites for hydroxylation is 1. The molecule has 3 N–H and O–H groups in total. The lowest BCUT2D eigenvalue weighted by Crippen LogP contribution is -2.48. The first-order valence-corrected chi connectivity index (χ1v) is 12.9. The van der Waals surface area contributed by atoms with E-state index in [1.54, 1.807) is 18.2 Å². The molecule has 9 heteroatoms. The Morgan fingerprint density at radius 1 is 1.00 bits per heavy atom. The van der Waals surface area contributed by atoms with Gasteiger partial charge in [0.15, 0.2) is 11.5 Å². The summed E-state index contributed by atoms with van der Waals surface area (Å²) in [5.41, 5.74) is 3.29. The summed E-state index contributed by atoms with van der Waals surface area (Å²) in [6.45, 7) is 1.80. The van der Waals surface area contributed by atoms with Crippen molar-refractivity contribution in [2.24, 2.45) is 0 Å². The smallest absolute Gasteiger partial charge is 0.249 e. The van der Waals surface area contributed by atoms with Crippen molar-refractivity contribution >= 4 is 28.5 Å². The molecule has 9 nitrogen and oxygen atoms in total. The number of para-hydroxylation sites is 1. The second kappa shape index (κ2) is 10.9. The predicted molar refractivity (Wildman–Crippen MR) is 144 cm³/mol. The normalized spacial score (nSPS) is 14.8. The van der Waals surface area contributed by atoms with E-state index < -0.39 is 6.04 Å². The maximum atomic E-state index is 14.0. The van der Waals surface area contributed by atoms with Gasteiger partial charge >= 0.3 is 0 Å². The maximum Gasteiger partial charge on any atom is 0.249 e. The Balaban J connectivity index is 1.57. The van der Waals surface area contributed by atoms with Crippen LogP contribution in [0.1, 0.15) is 49.3 Å². The number of fused-ring (bicyclic) bond motifs is 1. The van der Waals surface area contributed by atoms with Gasteiger partial charge < -0.3 is 15.5 Å². The van der Waals surface area contributed by atoms with Gasteiger partial charge in [-0.1, -0.05) is 60.4 Å². The number of rotatable bonds is 7. The van der Waals surface area contributed by atoms with Crippen LogP contribution in [0.2, 0.25) is 0 Å². The minimum atomic E-state index is -1.09. The number of aromatic nitrogens is 3. The fraction of sp³-hybridized carbons (Fsp3) is 0.310. The molecule has 196 valence electrons. The van der Waals surface area contributed by atoms with Gasteiger partial charge in [-0.15, -0.1) is 5.10 Å². The van der Waals surface area contributed by atoms with Gasteiger partial charge in [-0.3, -0.25) is 14.5 Å². The van der Waals surface area contributed by atoms with E-state index in [2.05, 4.69) is 15.6 Å². The summed E-state index contributed by atoms with van der Waals surface area (Å²) < 4.78 is 1.52. The summed E-state index contributed by atoms with van der Waals surface area (Å²) in [7, 11) is 0. The molecule has 1 aromatic heterocycles. The molecule has 0 spiro atoms. The number of anilines is 1. The number of carbonyl (C=O) groups excluding carboxylic acids is 2. The van der Waals surface area contributed by atoms with E-state index in [-0.39, 0.29) is 35.9 Å². The van der Waals surface area contributed by atoms with E-state index in [1.807, 2.05) is 43.3 Å². The first-order valence-electron chi connectivity index (χ1n) is 12.9. The first-order chi connectivity index (χ1) is 18.4. The van der Waals surface area contributed by atoms with Crippen molar-refractivity contribution in [1.29, 1.82) is 0 Å². The molecule has 0 radical (unpaired) electrons. The van der Waals surface area contributed by atoms with Gasteiger partial charge in [-0.05, 0) is 61.7 Å². The Kier molecular flexibility index (Phi) is 7.26. The Morgan fingerprint density at radius 3 is 2.47 bits per heavy atom. The molecule has 2 amide bonds. The molecule has 1 heterocycles. The van der Waals surface area contributed by atoms with Crippen LogP contribution in [0.15, 0.2) is 66.7 Å². The average molecular weight is 514 g/mol. The highest BCUT2D eigenvalue weighted by Crippen LogP contribution is 2.34. The van der Waals surface area contributed by atoms with E-state index in [0.717, 1.165) is 37.7 Å². The molecule has 1 aliphatic carbocycles. The molecule has 1 saturated carbocycles. The summed E-state index contributed by atoms with van der Waals surface area (Å²) in [4.78, 5) is 29.4. The lowest BCUT2D eigenvalue weighted by Gasteiger charge is -2.33. The monoisotopic (exact) mass is 513 g/mol. The number of benzene rings is 3. The van der Waals surface area contributed by atoms with Crippen molar-refractivity contribution < 1.29 is 19.8 Å². The van der Waals surface area contributed by atoms with Crippen LogP contribution in [0.25, 0.3) is 11.0 Å². The van der Waals surface area contributed by atoms with Crippen LogP contribution in [-0.4, -0.2) is 43.1 Å². The zero-order valence-corrected chi connectivity index (χ0v) is 21.2. The molecule has 4 aromatic rings. The lowest BCUT2D eigenvalue weighted by molar-refractivity contribution is -0.127. The van der Waals surface area contributed by atoms with Crippen LogP contribution >= 0.6 is 0 Å². The average Bonchev–Trinajstić information content (AvgIpc) is 3.32. The zero-order valence-electron chi connectivity index (χ0n) is 21.2. The number of aromatic hydroxyl groups is 2. The Hall–Kier alpha value is -4.40. The topological polar surface area (TPSA) is 121 Å². The van der Waals surface area contributed by atoms with Gasteiger partial charge in [0.25, 0.3) is 0 Å². The molecule has 1 atom stereocenters. The fourth-order valence-corrected chi connectivity index (χ4v) is 5.04. The highest BCUT2D eigenvalue weighted by molar-refractivity contribution is 6.01. The largest absolute Gasteiger partial charge is 0.504 e. The van der Waals surface area contributed by atoms with E-state index in [1.165, 1.54) is 21.7 Å². The van der Waals surface area contributed by atoms with Gasteiger partial charge in [-0.25, -0.2) is 4.68 Å². The molecule has 38 heavy (non-hydrogen) atoms. The van der Waals surface area contributed by atoms with Gasteiger partial charge in [0.05, 0.1) is 5.52 Å². The predicted octanol–water partition coefficient (Wildman–Crippen LogP) is 4.37. The number of hydrogen-bond acceptors (Lipinski definition) is 6. The fourth-order valence-electron chi connectivity index (χ4n) is 5.04.